The van der Waals surface area contributed by atoms with Gasteiger partial charge in [-0.3, -0.25) is 25.3 Å². The van der Waals surface area contributed by atoms with Crippen LogP contribution in [-0.2, 0) is 31.9 Å². The molecule has 0 aromatic heterocycles. The molecule has 0 spiro atoms. The molecule has 2 aromatic rings. The molecule has 2 aliphatic heterocycles. The van der Waals surface area contributed by atoms with Crippen molar-refractivity contribution in [2.24, 2.45) is 11.7 Å². The lowest BCUT2D eigenvalue weighted by Gasteiger charge is -2.27. The zero-order valence-corrected chi connectivity index (χ0v) is 27.6. The number of amides is 2. The van der Waals surface area contributed by atoms with Gasteiger partial charge >= 0.3 is 0 Å². The van der Waals surface area contributed by atoms with Crippen molar-refractivity contribution >= 4 is 27.7 Å². The minimum Gasteiger partial charge on any atom is -0.384 e. The number of nitrogen functional groups attached to an aromatic ring is 1. The van der Waals surface area contributed by atoms with Gasteiger partial charge in [0.1, 0.15) is 17.9 Å². The number of nitrogens with two attached hydrogens (primary N) is 1. The molecule has 1 fully saturated rings. The number of nitrogens with zero attached hydrogens (tertiary/aromatic N) is 1. The van der Waals surface area contributed by atoms with Crippen LogP contribution in [0, 0.1) is 11.3 Å². The zero-order chi connectivity index (χ0) is 33.8. The summed E-state index contributed by atoms with van der Waals surface area (Å²) in [6.07, 6.45) is 8.76. The van der Waals surface area contributed by atoms with Gasteiger partial charge in [0, 0.05) is 18.3 Å². The van der Waals surface area contributed by atoms with Gasteiger partial charge in [-0.15, -0.1) is 0 Å². The Kier molecular flexibility index (Phi) is 13.1. The van der Waals surface area contributed by atoms with Crippen molar-refractivity contribution < 1.29 is 23.2 Å². The number of sulfonamides is 1. The predicted molar refractivity (Wildman–Crippen MR) is 182 cm³/mol. The van der Waals surface area contributed by atoms with E-state index in [9.17, 15) is 23.2 Å². The Morgan fingerprint density at radius 2 is 1.72 bits per heavy atom. The molecule has 2 amide bonds. The minimum atomic E-state index is -3.92. The number of rotatable bonds is 16. The Balaban J connectivity index is 1.49. The SMILES string of the molecule is CC1C=C(CC[C@@H](NS(=O)(=O)Cc2ccccc2)C(=O)N[C@@H](CCC2CCNCC2)C(=O)NCc2ccc(C(=N)N)cc2)C=CN1O. The van der Waals surface area contributed by atoms with Gasteiger partial charge in [-0.05, 0) is 87.2 Å². The third-order valence-electron chi connectivity index (χ3n) is 8.56. The minimum absolute atomic E-state index is 0.0455. The van der Waals surface area contributed by atoms with Crippen LogP contribution in [0.3, 0.4) is 0 Å². The molecule has 0 bridgehead atoms. The second kappa shape index (κ2) is 17.2. The van der Waals surface area contributed by atoms with Crippen LogP contribution in [0.25, 0.3) is 0 Å². The number of nitrogens with one attached hydrogen (secondary N) is 5. The monoisotopic (exact) mass is 665 g/mol. The number of carbonyl (C=O) groups excluding carboxylic acids is 2. The molecule has 0 saturated carbocycles. The van der Waals surface area contributed by atoms with Gasteiger partial charge in [0.2, 0.25) is 21.8 Å². The summed E-state index contributed by atoms with van der Waals surface area (Å²) in [5, 5.41) is 27.7. The molecule has 13 heteroatoms. The van der Waals surface area contributed by atoms with Crippen LogP contribution in [0.5, 0.6) is 0 Å². The number of carbonyl (C=O) groups is 2. The van der Waals surface area contributed by atoms with Crippen molar-refractivity contribution in [1.29, 1.82) is 5.41 Å². The van der Waals surface area contributed by atoms with E-state index >= 15 is 0 Å². The smallest absolute Gasteiger partial charge is 0.242 e. The summed E-state index contributed by atoms with van der Waals surface area (Å²) in [6, 6.07) is 13.5. The molecule has 2 aromatic carbocycles. The first-order chi connectivity index (χ1) is 22.5. The summed E-state index contributed by atoms with van der Waals surface area (Å²) < 4.78 is 29.1. The maximum atomic E-state index is 13.9. The van der Waals surface area contributed by atoms with E-state index in [0.29, 0.717) is 29.9 Å². The fourth-order valence-electron chi connectivity index (χ4n) is 5.75. The number of hydrogen-bond donors (Lipinski definition) is 7. The highest BCUT2D eigenvalue weighted by Gasteiger charge is 2.30. The van der Waals surface area contributed by atoms with E-state index in [4.69, 9.17) is 11.1 Å². The molecular formula is C34H47N7O5S. The lowest BCUT2D eigenvalue weighted by Crippen LogP contribution is -2.53. The zero-order valence-electron chi connectivity index (χ0n) is 26.8. The van der Waals surface area contributed by atoms with Crippen molar-refractivity contribution in [3.05, 3.63) is 95.2 Å². The van der Waals surface area contributed by atoms with Crippen molar-refractivity contribution in [3.63, 3.8) is 0 Å². The fourth-order valence-corrected chi connectivity index (χ4v) is 7.12. The van der Waals surface area contributed by atoms with Gasteiger partial charge in [0.25, 0.3) is 0 Å². The average Bonchev–Trinajstić information content (AvgIpc) is 3.06. The summed E-state index contributed by atoms with van der Waals surface area (Å²) in [6.45, 7) is 3.85. The first-order valence-electron chi connectivity index (χ1n) is 16.1. The standard InChI is InChI=1S/C34H47N7O5S/c1-24-21-26(17-20-41(24)44)10-14-31(40-47(45,46)23-28-5-3-2-4-6-28)34(43)39-30(13-9-25-15-18-37-19-16-25)33(42)38-22-27-7-11-29(12-8-27)32(35)36/h2-8,11-12,17,20-21,24-25,30-31,37,40,44H,9-10,13-16,18-19,22-23H2,1H3,(H3,35,36)(H,38,42)(H,39,43)/t24?,30-,31+/m0/s1. The normalized spacial score (nSPS) is 18.2. The highest BCUT2D eigenvalue weighted by atomic mass is 32.2. The summed E-state index contributed by atoms with van der Waals surface area (Å²) in [4.78, 5) is 27.4. The summed E-state index contributed by atoms with van der Waals surface area (Å²) in [5.41, 5.74) is 8.39. The van der Waals surface area contributed by atoms with Crippen LogP contribution >= 0.6 is 0 Å². The largest absolute Gasteiger partial charge is 0.384 e. The van der Waals surface area contributed by atoms with Crippen LogP contribution in [0.1, 0.15) is 62.1 Å². The number of benzene rings is 2. The number of hydroxylamine groups is 2. The maximum Gasteiger partial charge on any atom is 0.242 e. The molecule has 0 aliphatic carbocycles. The Labute approximate surface area is 277 Å². The topological polar surface area (TPSA) is 190 Å². The Bertz CT molecular complexity index is 1520. The fraction of sp³-hybridized carbons (Fsp3) is 0.441. The van der Waals surface area contributed by atoms with Crippen LogP contribution < -0.4 is 26.4 Å². The van der Waals surface area contributed by atoms with E-state index in [-0.39, 0.29) is 36.5 Å². The number of amidine groups is 1. The second-order valence-corrected chi connectivity index (χ2v) is 14.0. The third-order valence-corrected chi connectivity index (χ3v) is 9.92. The summed E-state index contributed by atoms with van der Waals surface area (Å²) in [7, 11) is -3.92. The lowest BCUT2D eigenvalue weighted by atomic mass is 9.91. The van der Waals surface area contributed by atoms with Crippen LogP contribution in [0.15, 0.2) is 78.5 Å². The first-order valence-corrected chi connectivity index (χ1v) is 17.8. The third kappa shape index (κ3) is 11.6. The Morgan fingerprint density at radius 3 is 2.38 bits per heavy atom. The number of allylic oxidation sites excluding steroid dienone is 2. The molecule has 12 nitrogen and oxygen atoms in total. The number of piperidine rings is 1. The summed E-state index contributed by atoms with van der Waals surface area (Å²) in [5.74, 6) is -0.853. The predicted octanol–water partition coefficient (Wildman–Crippen LogP) is 2.65. The highest BCUT2D eigenvalue weighted by molar-refractivity contribution is 7.88. The van der Waals surface area contributed by atoms with E-state index in [1.54, 1.807) is 60.7 Å². The van der Waals surface area contributed by atoms with Crippen LogP contribution in [0.2, 0.25) is 0 Å². The van der Waals surface area contributed by atoms with Gasteiger partial charge in [0.15, 0.2) is 0 Å². The van der Waals surface area contributed by atoms with Crippen molar-refractivity contribution in [2.45, 2.75) is 75.9 Å². The van der Waals surface area contributed by atoms with Crippen molar-refractivity contribution in [1.82, 2.24) is 25.7 Å². The highest BCUT2D eigenvalue weighted by Crippen LogP contribution is 2.21. The average molecular weight is 666 g/mol. The first kappa shape index (κ1) is 35.8. The number of hydrogen-bond acceptors (Lipinski definition) is 8. The molecule has 47 heavy (non-hydrogen) atoms. The second-order valence-electron chi connectivity index (χ2n) is 12.3. The lowest BCUT2D eigenvalue weighted by molar-refractivity contribution is -0.130. The van der Waals surface area contributed by atoms with Crippen molar-refractivity contribution in [3.8, 4) is 0 Å². The van der Waals surface area contributed by atoms with E-state index in [2.05, 4.69) is 20.7 Å². The molecule has 1 unspecified atom stereocenters. The van der Waals surface area contributed by atoms with E-state index in [1.807, 2.05) is 13.0 Å². The van der Waals surface area contributed by atoms with Crippen molar-refractivity contribution in [2.75, 3.05) is 13.1 Å². The Hall–Kier alpha value is -4.04. The maximum absolute atomic E-state index is 13.9. The molecule has 254 valence electrons. The van der Waals surface area contributed by atoms with Gasteiger partial charge in [-0.25, -0.2) is 13.1 Å². The van der Waals surface area contributed by atoms with E-state index < -0.39 is 28.0 Å². The quantitative estimate of drug-likeness (QED) is 0.105. The molecule has 8 N–H and O–H groups in total. The molecule has 2 heterocycles. The van der Waals surface area contributed by atoms with Crippen LogP contribution in [0.4, 0.5) is 0 Å². The van der Waals surface area contributed by atoms with Gasteiger partial charge in [-0.1, -0.05) is 60.7 Å². The molecule has 4 rings (SSSR count). The van der Waals surface area contributed by atoms with Gasteiger partial charge in [-0.2, -0.15) is 0 Å². The van der Waals surface area contributed by atoms with Crippen LogP contribution in [-0.4, -0.2) is 67.6 Å². The van der Waals surface area contributed by atoms with Gasteiger partial charge < -0.3 is 21.7 Å². The molecular weight excluding hydrogens is 618 g/mol. The molecule has 1 saturated heterocycles. The van der Waals surface area contributed by atoms with E-state index in [0.717, 1.165) is 48.6 Å². The molecule has 3 atom stereocenters. The Morgan fingerprint density at radius 1 is 1.02 bits per heavy atom. The summed E-state index contributed by atoms with van der Waals surface area (Å²) >= 11 is 0. The molecule has 2 aliphatic rings. The van der Waals surface area contributed by atoms with E-state index in [1.165, 1.54) is 6.20 Å². The molecule has 0 radical (unpaired) electrons. The van der Waals surface area contributed by atoms with Gasteiger partial charge in [0.05, 0.1) is 11.8 Å².